The highest BCUT2D eigenvalue weighted by Gasteiger charge is 2.18. The maximum atomic E-state index is 12.4. The predicted molar refractivity (Wildman–Crippen MR) is 101 cm³/mol. The Labute approximate surface area is 153 Å². The van der Waals surface area contributed by atoms with Crippen molar-refractivity contribution in [1.29, 1.82) is 5.26 Å². The third kappa shape index (κ3) is 3.36. The summed E-state index contributed by atoms with van der Waals surface area (Å²) in [6.07, 6.45) is 0.611. The standard InChI is InChI=1S/C17H14ClN5OS/c18-12-4-2-1-3-9(12)5-6-22-16(24)14-13(20)11-7-10(8-19)15(21)23-17(11)25-14/h1-4,7H,5-6,20H2,(H2,21,23)(H,22,24). The van der Waals surface area contributed by atoms with Gasteiger partial charge in [-0.05, 0) is 24.1 Å². The van der Waals surface area contributed by atoms with Gasteiger partial charge in [-0.2, -0.15) is 5.26 Å². The van der Waals surface area contributed by atoms with E-state index in [1.807, 2.05) is 30.3 Å². The number of hydrogen-bond acceptors (Lipinski definition) is 6. The molecule has 1 amide bonds. The summed E-state index contributed by atoms with van der Waals surface area (Å²) in [5.74, 6) is -0.161. The molecule has 6 nitrogen and oxygen atoms in total. The fraction of sp³-hybridized carbons (Fsp3) is 0.118. The van der Waals surface area contributed by atoms with E-state index in [4.69, 9.17) is 28.3 Å². The number of halogens is 1. The van der Waals surface area contributed by atoms with Crippen LogP contribution in [0.1, 0.15) is 20.8 Å². The van der Waals surface area contributed by atoms with Crippen molar-refractivity contribution < 1.29 is 4.79 Å². The maximum Gasteiger partial charge on any atom is 0.263 e. The van der Waals surface area contributed by atoms with Crippen LogP contribution in [0.3, 0.4) is 0 Å². The number of pyridine rings is 1. The molecular weight excluding hydrogens is 358 g/mol. The highest BCUT2D eigenvalue weighted by atomic mass is 35.5. The molecule has 0 aliphatic heterocycles. The van der Waals surface area contributed by atoms with E-state index in [0.29, 0.717) is 38.8 Å². The topological polar surface area (TPSA) is 118 Å². The first-order valence-corrected chi connectivity index (χ1v) is 8.61. The van der Waals surface area contributed by atoms with Gasteiger partial charge in [0.25, 0.3) is 5.91 Å². The van der Waals surface area contributed by atoms with E-state index in [1.54, 1.807) is 6.07 Å². The van der Waals surface area contributed by atoms with Crippen molar-refractivity contribution in [3.8, 4) is 6.07 Å². The summed E-state index contributed by atoms with van der Waals surface area (Å²) in [6, 6.07) is 11.0. The number of anilines is 2. The molecule has 0 unspecified atom stereocenters. The molecule has 8 heteroatoms. The van der Waals surface area contributed by atoms with E-state index in [1.165, 1.54) is 0 Å². The molecule has 126 valence electrons. The van der Waals surface area contributed by atoms with Crippen LogP contribution in [-0.2, 0) is 6.42 Å². The van der Waals surface area contributed by atoms with Crippen molar-refractivity contribution in [3.05, 3.63) is 51.4 Å². The number of carbonyl (C=O) groups excluding carboxylic acids is 1. The Bertz CT molecular complexity index is 1010. The van der Waals surface area contributed by atoms with Crippen molar-refractivity contribution in [2.45, 2.75) is 6.42 Å². The number of thiophene rings is 1. The number of nitriles is 1. The summed E-state index contributed by atoms with van der Waals surface area (Å²) < 4.78 is 0. The molecule has 0 aliphatic rings. The average Bonchev–Trinajstić information content (AvgIpc) is 2.91. The lowest BCUT2D eigenvalue weighted by Crippen LogP contribution is -2.25. The molecule has 0 saturated carbocycles. The van der Waals surface area contributed by atoms with E-state index in [0.717, 1.165) is 16.9 Å². The molecule has 1 aromatic carbocycles. The lowest BCUT2D eigenvalue weighted by molar-refractivity contribution is 0.0959. The lowest BCUT2D eigenvalue weighted by atomic mass is 10.1. The first-order chi connectivity index (χ1) is 12.0. The summed E-state index contributed by atoms with van der Waals surface area (Å²) in [7, 11) is 0. The predicted octanol–water partition coefficient (Wildman–Crippen LogP) is 2.96. The molecule has 0 radical (unpaired) electrons. The molecular formula is C17H14ClN5OS. The van der Waals surface area contributed by atoms with Gasteiger partial charge in [-0.25, -0.2) is 4.98 Å². The summed E-state index contributed by atoms with van der Waals surface area (Å²) in [6.45, 7) is 0.426. The summed E-state index contributed by atoms with van der Waals surface area (Å²) in [5.41, 5.74) is 13.3. The van der Waals surface area contributed by atoms with Gasteiger partial charge in [0.1, 0.15) is 21.6 Å². The Balaban J connectivity index is 1.77. The second kappa shape index (κ2) is 6.97. The van der Waals surface area contributed by atoms with E-state index in [-0.39, 0.29) is 17.3 Å². The number of nitrogens with two attached hydrogens (primary N) is 2. The molecule has 0 fully saturated rings. The number of amides is 1. The van der Waals surface area contributed by atoms with Crippen LogP contribution in [0.25, 0.3) is 10.2 Å². The van der Waals surface area contributed by atoms with E-state index in [9.17, 15) is 4.79 Å². The van der Waals surface area contributed by atoms with Crippen molar-refractivity contribution in [2.75, 3.05) is 18.0 Å². The molecule has 0 bridgehead atoms. The number of nitrogens with one attached hydrogen (secondary N) is 1. The average molecular weight is 372 g/mol. The number of benzene rings is 1. The zero-order chi connectivity index (χ0) is 18.0. The molecule has 0 atom stereocenters. The zero-order valence-corrected chi connectivity index (χ0v) is 14.6. The number of carbonyl (C=O) groups is 1. The summed E-state index contributed by atoms with van der Waals surface area (Å²) in [5, 5.41) is 13.1. The normalized spacial score (nSPS) is 10.6. The highest BCUT2D eigenvalue weighted by molar-refractivity contribution is 7.21. The van der Waals surface area contributed by atoms with Gasteiger partial charge in [0.05, 0.1) is 11.3 Å². The third-order valence-corrected chi connectivity index (χ3v) is 5.20. The van der Waals surface area contributed by atoms with E-state index >= 15 is 0 Å². The number of nitrogen functional groups attached to an aromatic ring is 2. The maximum absolute atomic E-state index is 12.4. The van der Waals surface area contributed by atoms with Crippen LogP contribution in [0, 0.1) is 11.3 Å². The fourth-order valence-electron chi connectivity index (χ4n) is 2.40. The Kier molecular flexibility index (Phi) is 4.74. The summed E-state index contributed by atoms with van der Waals surface area (Å²) >= 11 is 7.25. The van der Waals surface area contributed by atoms with Crippen LogP contribution in [0.4, 0.5) is 11.5 Å². The first-order valence-electron chi connectivity index (χ1n) is 7.41. The van der Waals surface area contributed by atoms with Crippen molar-refractivity contribution >= 4 is 50.6 Å². The smallest absolute Gasteiger partial charge is 0.263 e. The minimum atomic E-state index is -0.287. The van der Waals surface area contributed by atoms with E-state index in [2.05, 4.69) is 10.3 Å². The van der Waals surface area contributed by atoms with Crippen LogP contribution in [-0.4, -0.2) is 17.4 Å². The molecule has 3 rings (SSSR count). The van der Waals surface area contributed by atoms with E-state index < -0.39 is 0 Å². The second-order valence-electron chi connectivity index (χ2n) is 5.33. The third-order valence-electron chi connectivity index (χ3n) is 3.71. The molecule has 5 N–H and O–H groups in total. The molecule has 0 saturated heterocycles. The fourth-order valence-corrected chi connectivity index (χ4v) is 3.64. The first kappa shape index (κ1) is 17.0. The van der Waals surface area contributed by atoms with Crippen molar-refractivity contribution in [2.24, 2.45) is 0 Å². The van der Waals surface area contributed by atoms with Gasteiger partial charge in [0.2, 0.25) is 0 Å². The van der Waals surface area contributed by atoms with Crippen LogP contribution < -0.4 is 16.8 Å². The molecule has 0 spiro atoms. The number of rotatable bonds is 4. The van der Waals surface area contributed by atoms with Gasteiger partial charge in [0, 0.05) is 17.0 Å². The van der Waals surface area contributed by atoms with Gasteiger partial charge in [0.15, 0.2) is 0 Å². The lowest BCUT2D eigenvalue weighted by Gasteiger charge is -2.06. The minimum absolute atomic E-state index is 0.127. The molecule has 0 aliphatic carbocycles. The monoisotopic (exact) mass is 371 g/mol. The highest BCUT2D eigenvalue weighted by Crippen LogP contribution is 2.34. The van der Waals surface area contributed by atoms with Gasteiger partial charge in [-0.3, -0.25) is 4.79 Å². The molecule has 2 aromatic heterocycles. The van der Waals surface area contributed by atoms with Gasteiger partial charge >= 0.3 is 0 Å². The van der Waals surface area contributed by atoms with Crippen molar-refractivity contribution in [3.63, 3.8) is 0 Å². The molecule has 2 heterocycles. The van der Waals surface area contributed by atoms with Crippen LogP contribution in [0.5, 0.6) is 0 Å². The molecule has 25 heavy (non-hydrogen) atoms. The summed E-state index contributed by atoms with van der Waals surface area (Å²) in [4.78, 5) is 17.4. The van der Waals surface area contributed by atoms with Crippen LogP contribution in [0.15, 0.2) is 30.3 Å². The van der Waals surface area contributed by atoms with Crippen LogP contribution in [0.2, 0.25) is 5.02 Å². The van der Waals surface area contributed by atoms with Gasteiger partial charge in [-0.1, -0.05) is 29.8 Å². The van der Waals surface area contributed by atoms with Gasteiger partial charge < -0.3 is 16.8 Å². The minimum Gasteiger partial charge on any atom is -0.397 e. The quantitative estimate of drug-likeness (QED) is 0.651. The molecule has 3 aromatic rings. The number of hydrogen-bond donors (Lipinski definition) is 3. The van der Waals surface area contributed by atoms with Crippen LogP contribution >= 0.6 is 22.9 Å². The Hall–Kier alpha value is -2.82. The Morgan fingerprint density at radius 2 is 2.12 bits per heavy atom. The SMILES string of the molecule is N#Cc1cc2c(N)c(C(=O)NCCc3ccccc3Cl)sc2nc1N. The number of aromatic nitrogens is 1. The van der Waals surface area contributed by atoms with Gasteiger partial charge in [-0.15, -0.1) is 11.3 Å². The zero-order valence-electron chi connectivity index (χ0n) is 13.0. The number of fused-ring (bicyclic) bond motifs is 1. The second-order valence-corrected chi connectivity index (χ2v) is 6.73. The Morgan fingerprint density at radius 3 is 2.84 bits per heavy atom. The number of nitrogens with zero attached hydrogens (tertiary/aromatic N) is 2. The van der Waals surface area contributed by atoms with Crippen molar-refractivity contribution in [1.82, 2.24) is 10.3 Å². The Morgan fingerprint density at radius 1 is 1.36 bits per heavy atom. The largest absolute Gasteiger partial charge is 0.397 e.